The highest BCUT2D eigenvalue weighted by Gasteiger charge is 2.07. The third kappa shape index (κ3) is 2.62. The lowest BCUT2D eigenvalue weighted by atomic mass is 10.4. The standard InChI is InChI=1S/C8H10N2O2S/c1-3-7(12)10-8-9-6(4-13-8)5(2)11/h4H,3H2,1-2H3,(H,9,10,12). The number of Topliss-reactive ketones (excluding diaryl/α,β-unsaturated/α-hetero) is 1. The first-order valence-corrected chi connectivity index (χ1v) is 4.77. The minimum Gasteiger partial charge on any atom is -0.302 e. The van der Waals surface area contributed by atoms with E-state index in [2.05, 4.69) is 10.3 Å². The number of ketones is 1. The van der Waals surface area contributed by atoms with Crippen molar-refractivity contribution in [3.05, 3.63) is 11.1 Å². The average molecular weight is 198 g/mol. The van der Waals surface area contributed by atoms with Gasteiger partial charge in [-0.2, -0.15) is 0 Å². The van der Waals surface area contributed by atoms with Crippen LogP contribution >= 0.6 is 11.3 Å². The lowest BCUT2D eigenvalue weighted by Crippen LogP contribution is -2.09. The summed E-state index contributed by atoms with van der Waals surface area (Å²) in [7, 11) is 0. The molecule has 5 heteroatoms. The Morgan fingerprint density at radius 1 is 1.62 bits per heavy atom. The van der Waals surface area contributed by atoms with Crippen molar-refractivity contribution in [2.75, 3.05) is 5.32 Å². The number of thiazole rings is 1. The Bertz CT molecular complexity index is 333. The first-order valence-electron chi connectivity index (χ1n) is 3.89. The van der Waals surface area contributed by atoms with Gasteiger partial charge in [-0.25, -0.2) is 4.98 Å². The Hall–Kier alpha value is -1.23. The second kappa shape index (κ2) is 4.13. The van der Waals surface area contributed by atoms with Gasteiger partial charge < -0.3 is 5.32 Å². The van der Waals surface area contributed by atoms with E-state index in [0.29, 0.717) is 17.2 Å². The summed E-state index contributed by atoms with van der Waals surface area (Å²) in [4.78, 5) is 25.7. The molecule has 1 aromatic heterocycles. The van der Waals surface area contributed by atoms with Gasteiger partial charge in [-0.05, 0) is 0 Å². The average Bonchev–Trinajstić information content (AvgIpc) is 2.52. The fourth-order valence-electron chi connectivity index (χ4n) is 0.701. The van der Waals surface area contributed by atoms with E-state index in [1.54, 1.807) is 12.3 Å². The molecule has 13 heavy (non-hydrogen) atoms. The molecule has 1 N–H and O–H groups in total. The van der Waals surface area contributed by atoms with Crippen LogP contribution in [-0.4, -0.2) is 16.7 Å². The van der Waals surface area contributed by atoms with Crippen LogP contribution in [0.1, 0.15) is 30.8 Å². The molecular weight excluding hydrogens is 188 g/mol. The minimum atomic E-state index is -0.0931. The molecule has 0 bridgehead atoms. The first kappa shape index (κ1) is 9.85. The van der Waals surface area contributed by atoms with Gasteiger partial charge >= 0.3 is 0 Å². The maximum atomic E-state index is 10.9. The summed E-state index contributed by atoms with van der Waals surface area (Å²) >= 11 is 1.26. The predicted octanol–water partition coefficient (Wildman–Crippen LogP) is 1.69. The summed E-state index contributed by atoms with van der Waals surface area (Å²) < 4.78 is 0. The molecule has 0 saturated heterocycles. The van der Waals surface area contributed by atoms with E-state index in [-0.39, 0.29) is 11.7 Å². The number of hydrogen-bond acceptors (Lipinski definition) is 4. The van der Waals surface area contributed by atoms with Gasteiger partial charge in [-0.1, -0.05) is 6.92 Å². The van der Waals surface area contributed by atoms with E-state index in [1.165, 1.54) is 18.3 Å². The quantitative estimate of drug-likeness (QED) is 0.752. The summed E-state index contributed by atoms with van der Waals surface area (Å²) in [6.45, 7) is 3.20. The number of carbonyl (C=O) groups excluding carboxylic acids is 2. The van der Waals surface area contributed by atoms with Crippen LogP contribution in [0.3, 0.4) is 0 Å². The molecule has 0 aromatic carbocycles. The maximum absolute atomic E-state index is 10.9. The summed E-state index contributed by atoms with van der Waals surface area (Å²) in [5, 5.41) is 4.70. The van der Waals surface area contributed by atoms with Crippen molar-refractivity contribution in [2.24, 2.45) is 0 Å². The third-order valence-electron chi connectivity index (χ3n) is 1.43. The summed E-state index contributed by atoms with van der Waals surface area (Å²) in [5.74, 6) is -0.183. The summed E-state index contributed by atoms with van der Waals surface area (Å²) in [5.41, 5.74) is 0.399. The molecule has 0 atom stereocenters. The molecule has 0 aliphatic carbocycles. The van der Waals surface area contributed by atoms with E-state index < -0.39 is 0 Å². The highest BCUT2D eigenvalue weighted by Crippen LogP contribution is 2.15. The largest absolute Gasteiger partial charge is 0.302 e. The molecule has 4 nitrogen and oxygen atoms in total. The zero-order chi connectivity index (χ0) is 9.84. The second-order valence-electron chi connectivity index (χ2n) is 2.50. The number of hydrogen-bond donors (Lipinski definition) is 1. The van der Waals surface area contributed by atoms with Crippen molar-refractivity contribution in [2.45, 2.75) is 20.3 Å². The van der Waals surface area contributed by atoms with Gasteiger partial charge in [-0.3, -0.25) is 9.59 Å². The lowest BCUT2D eigenvalue weighted by Gasteiger charge is -1.95. The first-order chi connectivity index (χ1) is 6.13. The zero-order valence-electron chi connectivity index (χ0n) is 7.46. The second-order valence-corrected chi connectivity index (χ2v) is 3.35. The summed E-state index contributed by atoms with van der Waals surface area (Å²) in [6.07, 6.45) is 0.412. The molecule has 1 rings (SSSR count). The molecule has 0 spiro atoms. The van der Waals surface area contributed by atoms with Crippen LogP contribution in [-0.2, 0) is 4.79 Å². The molecule has 1 aromatic rings. The van der Waals surface area contributed by atoms with Crippen molar-refractivity contribution < 1.29 is 9.59 Å². The van der Waals surface area contributed by atoms with E-state index in [1.807, 2.05) is 0 Å². The van der Waals surface area contributed by atoms with Crippen LogP contribution in [0.2, 0.25) is 0 Å². The van der Waals surface area contributed by atoms with E-state index in [0.717, 1.165) is 0 Å². The molecule has 0 aliphatic heterocycles. The summed E-state index contributed by atoms with van der Waals surface area (Å²) in [6, 6.07) is 0. The monoisotopic (exact) mass is 198 g/mol. The van der Waals surface area contributed by atoms with Crippen LogP contribution in [0.25, 0.3) is 0 Å². The molecule has 70 valence electrons. The lowest BCUT2D eigenvalue weighted by molar-refractivity contribution is -0.115. The SMILES string of the molecule is CCC(=O)Nc1nc(C(C)=O)cs1. The van der Waals surface area contributed by atoms with Gasteiger partial charge in [0.05, 0.1) is 0 Å². The third-order valence-corrected chi connectivity index (χ3v) is 2.19. The Morgan fingerprint density at radius 2 is 2.31 bits per heavy atom. The van der Waals surface area contributed by atoms with Crippen molar-refractivity contribution >= 4 is 28.2 Å². The fourth-order valence-corrected chi connectivity index (χ4v) is 1.47. The Labute approximate surface area is 80.0 Å². The molecular formula is C8H10N2O2S. The van der Waals surface area contributed by atoms with Gasteiger partial charge in [0.1, 0.15) is 5.69 Å². The van der Waals surface area contributed by atoms with Gasteiger partial charge in [-0.15, -0.1) is 11.3 Å². The molecule has 0 fully saturated rings. The van der Waals surface area contributed by atoms with E-state index in [4.69, 9.17) is 0 Å². The molecule has 0 saturated carbocycles. The number of aromatic nitrogens is 1. The number of nitrogens with zero attached hydrogens (tertiary/aromatic N) is 1. The topological polar surface area (TPSA) is 59.1 Å². The van der Waals surface area contributed by atoms with Crippen LogP contribution < -0.4 is 5.32 Å². The number of carbonyl (C=O) groups is 2. The molecule has 0 aliphatic rings. The van der Waals surface area contributed by atoms with Crippen molar-refractivity contribution in [1.82, 2.24) is 4.98 Å². The molecule has 0 unspecified atom stereocenters. The minimum absolute atomic E-state index is 0.0896. The van der Waals surface area contributed by atoms with Crippen molar-refractivity contribution in [3.8, 4) is 0 Å². The Balaban J connectivity index is 2.69. The van der Waals surface area contributed by atoms with Crippen LogP contribution in [0.15, 0.2) is 5.38 Å². The number of rotatable bonds is 3. The highest BCUT2D eigenvalue weighted by atomic mass is 32.1. The highest BCUT2D eigenvalue weighted by molar-refractivity contribution is 7.14. The molecule has 1 amide bonds. The normalized spacial score (nSPS) is 9.69. The van der Waals surface area contributed by atoms with Crippen molar-refractivity contribution in [1.29, 1.82) is 0 Å². The van der Waals surface area contributed by atoms with Crippen molar-refractivity contribution in [3.63, 3.8) is 0 Å². The predicted molar refractivity (Wildman–Crippen MR) is 51.0 cm³/mol. The Kier molecular flexibility index (Phi) is 3.13. The number of nitrogens with one attached hydrogen (secondary N) is 1. The smallest absolute Gasteiger partial charge is 0.225 e. The molecule has 1 heterocycles. The fraction of sp³-hybridized carbons (Fsp3) is 0.375. The van der Waals surface area contributed by atoms with Gasteiger partial charge in [0.25, 0.3) is 0 Å². The van der Waals surface area contributed by atoms with Crippen LogP contribution in [0.4, 0.5) is 5.13 Å². The number of anilines is 1. The zero-order valence-corrected chi connectivity index (χ0v) is 8.27. The maximum Gasteiger partial charge on any atom is 0.225 e. The number of amides is 1. The van der Waals surface area contributed by atoms with Gasteiger partial charge in [0.15, 0.2) is 10.9 Å². The molecule has 0 radical (unpaired) electrons. The van der Waals surface area contributed by atoms with E-state index in [9.17, 15) is 9.59 Å². The van der Waals surface area contributed by atoms with E-state index >= 15 is 0 Å². The van der Waals surface area contributed by atoms with Gasteiger partial charge in [0, 0.05) is 18.7 Å². The Morgan fingerprint density at radius 3 is 2.77 bits per heavy atom. The van der Waals surface area contributed by atoms with Crippen LogP contribution in [0.5, 0.6) is 0 Å². The van der Waals surface area contributed by atoms with Gasteiger partial charge in [0.2, 0.25) is 5.91 Å². The van der Waals surface area contributed by atoms with Crippen LogP contribution in [0, 0.1) is 0 Å².